The van der Waals surface area contributed by atoms with E-state index in [4.69, 9.17) is 5.84 Å². The first-order chi connectivity index (χ1) is 10.4. The molecule has 21 heavy (non-hydrogen) atoms. The largest absolute Gasteiger partial charge is 0.271 e. The molecule has 0 saturated carbocycles. The molecule has 3 aromatic rings. The highest BCUT2D eigenvalue weighted by atomic mass is 15.2. The summed E-state index contributed by atoms with van der Waals surface area (Å²) in [7, 11) is 0. The van der Waals surface area contributed by atoms with Gasteiger partial charge in [0, 0.05) is 18.4 Å². The van der Waals surface area contributed by atoms with Gasteiger partial charge in [-0.2, -0.15) is 0 Å². The quantitative estimate of drug-likeness (QED) is 0.557. The molecular weight excluding hydrogens is 258 g/mol. The molecule has 0 amide bonds. The average Bonchev–Trinajstić information content (AvgIpc) is 2.55. The molecule has 0 aliphatic rings. The normalized spacial score (nSPS) is 12.4. The van der Waals surface area contributed by atoms with Crippen LogP contribution in [0.1, 0.15) is 11.1 Å². The van der Waals surface area contributed by atoms with Crippen molar-refractivity contribution in [1.82, 2.24) is 10.4 Å². The number of pyridine rings is 1. The summed E-state index contributed by atoms with van der Waals surface area (Å²) in [4.78, 5) is 4.05. The minimum absolute atomic E-state index is 0.207. The van der Waals surface area contributed by atoms with Crippen LogP contribution in [0.25, 0.3) is 10.8 Å². The molecule has 1 atom stereocenters. The molecule has 3 heteroatoms. The first kappa shape index (κ1) is 13.7. The van der Waals surface area contributed by atoms with E-state index in [0.717, 1.165) is 12.8 Å². The second kappa shape index (κ2) is 6.48. The highest BCUT2D eigenvalue weighted by Gasteiger charge is 2.10. The number of hydrazine groups is 1. The zero-order valence-corrected chi connectivity index (χ0v) is 11.9. The van der Waals surface area contributed by atoms with Crippen LogP contribution in [-0.2, 0) is 12.8 Å². The molecule has 1 aromatic heterocycles. The van der Waals surface area contributed by atoms with Gasteiger partial charge in [-0.3, -0.25) is 16.3 Å². The van der Waals surface area contributed by atoms with E-state index in [9.17, 15) is 0 Å². The number of hydrogen-bond donors (Lipinski definition) is 2. The van der Waals surface area contributed by atoms with Crippen molar-refractivity contribution in [2.75, 3.05) is 0 Å². The van der Waals surface area contributed by atoms with Crippen molar-refractivity contribution in [1.29, 1.82) is 0 Å². The standard InChI is InChI=1S/C18H19N3/c19-21-17(12-14-8-10-20-11-9-14)13-16-6-3-5-15-4-1-2-7-18(15)16/h1-11,17,21H,12-13,19H2. The fraction of sp³-hybridized carbons (Fsp3) is 0.167. The smallest absolute Gasteiger partial charge is 0.0291 e. The van der Waals surface area contributed by atoms with Crippen molar-refractivity contribution in [3.05, 3.63) is 78.1 Å². The van der Waals surface area contributed by atoms with Gasteiger partial charge in [0.1, 0.15) is 0 Å². The van der Waals surface area contributed by atoms with Gasteiger partial charge in [0.15, 0.2) is 0 Å². The monoisotopic (exact) mass is 277 g/mol. The molecule has 0 aliphatic heterocycles. The Morgan fingerprint density at radius 3 is 2.48 bits per heavy atom. The van der Waals surface area contributed by atoms with Gasteiger partial charge in [0.2, 0.25) is 0 Å². The SMILES string of the molecule is NNC(Cc1ccncc1)Cc1cccc2ccccc12. The maximum Gasteiger partial charge on any atom is 0.0291 e. The molecule has 0 saturated heterocycles. The first-order valence-electron chi connectivity index (χ1n) is 7.18. The molecular formula is C18H19N3. The minimum Gasteiger partial charge on any atom is -0.271 e. The first-order valence-corrected chi connectivity index (χ1v) is 7.18. The van der Waals surface area contributed by atoms with Crippen LogP contribution in [0.3, 0.4) is 0 Å². The summed E-state index contributed by atoms with van der Waals surface area (Å²) in [6.07, 6.45) is 5.43. The van der Waals surface area contributed by atoms with Gasteiger partial charge < -0.3 is 0 Å². The third-order valence-corrected chi connectivity index (χ3v) is 3.81. The van der Waals surface area contributed by atoms with Crippen LogP contribution in [0, 0.1) is 0 Å². The van der Waals surface area contributed by atoms with Crippen molar-refractivity contribution < 1.29 is 0 Å². The van der Waals surface area contributed by atoms with Crippen molar-refractivity contribution in [2.45, 2.75) is 18.9 Å². The van der Waals surface area contributed by atoms with E-state index in [2.05, 4.69) is 52.9 Å². The van der Waals surface area contributed by atoms with E-state index in [1.807, 2.05) is 24.5 Å². The van der Waals surface area contributed by atoms with E-state index in [0.29, 0.717) is 0 Å². The summed E-state index contributed by atoms with van der Waals surface area (Å²) in [5, 5.41) is 2.57. The minimum atomic E-state index is 0.207. The number of fused-ring (bicyclic) bond motifs is 1. The van der Waals surface area contributed by atoms with Crippen LogP contribution in [0.4, 0.5) is 0 Å². The molecule has 0 fully saturated rings. The fourth-order valence-electron chi connectivity index (χ4n) is 2.73. The Morgan fingerprint density at radius 1 is 0.905 bits per heavy atom. The highest BCUT2D eigenvalue weighted by Crippen LogP contribution is 2.20. The van der Waals surface area contributed by atoms with E-state index in [1.165, 1.54) is 21.9 Å². The Balaban J connectivity index is 1.82. The van der Waals surface area contributed by atoms with E-state index in [-0.39, 0.29) is 6.04 Å². The molecule has 0 bridgehead atoms. The van der Waals surface area contributed by atoms with Crippen LogP contribution >= 0.6 is 0 Å². The fourth-order valence-corrected chi connectivity index (χ4v) is 2.73. The summed E-state index contributed by atoms with van der Waals surface area (Å²) < 4.78 is 0. The van der Waals surface area contributed by atoms with Crippen molar-refractivity contribution in [3.63, 3.8) is 0 Å². The molecule has 0 spiro atoms. The third kappa shape index (κ3) is 3.27. The van der Waals surface area contributed by atoms with Crippen molar-refractivity contribution in [2.24, 2.45) is 5.84 Å². The van der Waals surface area contributed by atoms with Gasteiger partial charge in [-0.05, 0) is 46.9 Å². The molecule has 3 nitrogen and oxygen atoms in total. The summed E-state index contributed by atoms with van der Waals surface area (Å²) in [6.45, 7) is 0. The summed E-state index contributed by atoms with van der Waals surface area (Å²) >= 11 is 0. The van der Waals surface area contributed by atoms with Gasteiger partial charge in [0.25, 0.3) is 0 Å². The van der Waals surface area contributed by atoms with Crippen molar-refractivity contribution >= 4 is 10.8 Å². The molecule has 2 aromatic carbocycles. The second-order valence-corrected chi connectivity index (χ2v) is 5.27. The molecule has 0 aliphatic carbocycles. The van der Waals surface area contributed by atoms with Gasteiger partial charge in [-0.15, -0.1) is 0 Å². The van der Waals surface area contributed by atoms with Crippen LogP contribution in [-0.4, -0.2) is 11.0 Å². The molecule has 3 N–H and O–H groups in total. The number of benzene rings is 2. The Labute approximate surface area is 124 Å². The Morgan fingerprint density at radius 2 is 1.67 bits per heavy atom. The summed E-state index contributed by atoms with van der Waals surface area (Å²) in [5.41, 5.74) is 5.51. The third-order valence-electron chi connectivity index (χ3n) is 3.81. The number of aromatic nitrogens is 1. The Hall–Kier alpha value is -2.23. The molecule has 106 valence electrons. The maximum absolute atomic E-state index is 5.75. The van der Waals surface area contributed by atoms with Crippen molar-refractivity contribution in [3.8, 4) is 0 Å². The van der Waals surface area contributed by atoms with Gasteiger partial charge >= 0.3 is 0 Å². The Kier molecular flexibility index (Phi) is 4.24. The van der Waals surface area contributed by atoms with Gasteiger partial charge in [0.05, 0.1) is 0 Å². The van der Waals surface area contributed by atoms with Crippen LogP contribution < -0.4 is 11.3 Å². The number of nitrogens with one attached hydrogen (secondary N) is 1. The number of hydrogen-bond acceptors (Lipinski definition) is 3. The second-order valence-electron chi connectivity index (χ2n) is 5.27. The van der Waals surface area contributed by atoms with E-state index < -0.39 is 0 Å². The lowest BCUT2D eigenvalue weighted by Gasteiger charge is -2.17. The topological polar surface area (TPSA) is 50.9 Å². The maximum atomic E-state index is 5.75. The lowest BCUT2D eigenvalue weighted by Crippen LogP contribution is -2.38. The van der Waals surface area contributed by atoms with Crippen LogP contribution in [0.2, 0.25) is 0 Å². The van der Waals surface area contributed by atoms with Crippen LogP contribution in [0.15, 0.2) is 67.0 Å². The molecule has 1 heterocycles. The van der Waals surface area contributed by atoms with E-state index >= 15 is 0 Å². The summed E-state index contributed by atoms with van der Waals surface area (Å²) in [5.74, 6) is 5.75. The molecule has 3 rings (SSSR count). The zero-order chi connectivity index (χ0) is 14.5. The predicted octanol–water partition coefficient (Wildman–Crippen LogP) is 2.85. The molecule has 1 unspecified atom stereocenters. The predicted molar refractivity (Wildman–Crippen MR) is 86.7 cm³/mol. The summed E-state index contributed by atoms with van der Waals surface area (Å²) in [6, 6.07) is 19.2. The number of nitrogens with zero attached hydrogens (tertiary/aromatic N) is 1. The van der Waals surface area contributed by atoms with Gasteiger partial charge in [-0.25, -0.2) is 0 Å². The van der Waals surface area contributed by atoms with Gasteiger partial charge in [-0.1, -0.05) is 42.5 Å². The highest BCUT2D eigenvalue weighted by molar-refractivity contribution is 5.85. The average molecular weight is 277 g/mol. The van der Waals surface area contributed by atoms with Crippen LogP contribution in [0.5, 0.6) is 0 Å². The van der Waals surface area contributed by atoms with E-state index in [1.54, 1.807) is 0 Å². The molecule has 0 radical (unpaired) electrons. The number of nitrogens with two attached hydrogens (primary N) is 1. The lowest BCUT2D eigenvalue weighted by molar-refractivity contribution is 0.523. The lowest BCUT2D eigenvalue weighted by atomic mass is 9.96. The number of rotatable bonds is 5. The zero-order valence-electron chi connectivity index (χ0n) is 11.9. The Bertz CT molecular complexity index is 704.